The van der Waals surface area contributed by atoms with Gasteiger partial charge in [0.05, 0.1) is 12.2 Å². The summed E-state index contributed by atoms with van der Waals surface area (Å²) in [5, 5.41) is 3.28. The van der Waals surface area contributed by atoms with E-state index in [-0.39, 0.29) is 24.7 Å². The number of aromatic nitrogens is 2. The number of anilines is 1. The highest BCUT2D eigenvalue weighted by atomic mass is 32.1. The van der Waals surface area contributed by atoms with Crippen molar-refractivity contribution in [3.05, 3.63) is 76.9 Å². The zero-order chi connectivity index (χ0) is 24.6. The summed E-state index contributed by atoms with van der Waals surface area (Å²) in [5.74, 6) is -0.0216. The van der Waals surface area contributed by atoms with E-state index in [0.29, 0.717) is 42.6 Å². The van der Waals surface area contributed by atoms with Crippen molar-refractivity contribution in [3.8, 4) is 0 Å². The molecule has 0 spiro atoms. The average Bonchev–Trinajstić information content (AvgIpc) is 3.27. The van der Waals surface area contributed by atoms with E-state index in [1.165, 1.54) is 35.8 Å². The highest BCUT2D eigenvalue weighted by Gasteiger charge is 2.30. The van der Waals surface area contributed by atoms with Crippen LogP contribution in [0.25, 0.3) is 0 Å². The smallest absolute Gasteiger partial charge is 0.383 e. The largest absolute Gasteiger partial charge is 0.416 e. The molecule has 0 saturated heterocycles. The van der Waals surface area contributed by atoms with Crippen LogP contribution in [0.4, 0.5) is 22.7 Å². The molecule has 34 heavy (non-hydrogen) atoms. The van der Waals surface area contributed by atoms with Crippen molar-refractivity contribution < 1.29 is 27.1 Å². The standard InChI is InChI=1S/C23H24F4N4O2S/c1-33-12-11-31(22-29-20(30-34-22)14-16-5-7-19(24)8-6-16)10-9-21(32)28-15-17-3-2-4-18(13-17)23(25,26)27/h2-8,13H,9-12,14-15H2,1H3,(H,28,32). The summed E-state index contributed by atoms with van der Waals surface area (Å²) < 4.78 is 61.1. The Balaban J connectivity index is 1.55. The van der Waals surface area contributed by atoms with E-state index < -0.39 is 11.7 Å². The van der Waals surface area contributed by atoms with Crippen molar-refractivity contribution in [2.24, 2.45) is 0 Å². The molecule has 11 heteroatoms. The minimum atomic E-state index is -4.43. The van der Waals surface area contributed by atoms with Crippen molar-refractivity contribution in [3.63, 3.8) is 0 Å². The van der Waals surface area contributed by atoms with E-state index in [0.717, 1.165) is 17.7 Å². The van der Waals surface area contributed by atoms with E-state index in [2.05, 4.69) is 14.7 Å². The van der Waals surface area contributed by atoms with Crippen molar-refractivity contribution in [1.29, 1.82) is 0 Å². The highest BCUT2D eigenvalue weighted by Crippen LogP contribution is 2.29. The number of rotatable bonds is 11. The van der Waals surface area contributed by atoms with Crippen LogP contribution >= 0.6 is 11.5 Å². The maximum absolute atomic E-state index is 13.1. The molecule has 0 radical (unpaired) electrons. The van der Waals surface area contributed by atoms with E-state index in [1.807, 2.05) is 4.90 Å². The van der Waals surface area contributed by atoms with Crippen LogP contribution in [0.3, 0.4) is 0 Å². The van der Waals surface area contributed by atoms with Crippen molar-refractivity contribution >= 4 is 22.6 Å². The second-order valence-corrected chi connectivity index (χ2v) is 8.23. The van der Waals surface area contributed by atoms with Gasteiger partial charge in [-0.1, -0.05) is 24.3 Å². The lowest BCUT2D eigenvalue weighted by Gasteiger charge is -2.20. The zero-order valence-corrected chi connectivity index (χ0v) is 19.3. The van der Waals surface area contributed by atoms with Gasteiger partial charge in [-0.15, -0.1) is 0 Å². The summed E-state index contributed by atoms with van der Waals surface area (Å²) in [6.07, 6.45) is -3.86. The second kappa shape index (κ2) is 11.9. The predicted molar refractivity (Wildman–Crippen MR) is 121 cm³/mol. The van der Waals surface area contributed by atoms with E-state index in [4.69, 9.17) is 4.74 Å². The molecular formula is C23H24F4N4O2S. The van der Waals surface area contributed by atoms with Gasteiger partial charge in [-0.2, -0.15) is 17.5 Å². The fourth-order valence-electron chi connectivity index (χ4n) is 3.12. The lowest BCUT2D eigenvalue weighted by Crippen LogP contribution is -2.32. The van der Waals surface area contributed by atoms with Crippen LogP contribution in [0.1, 0.15) is 28.9 Å². The Kier molecular flexibility index (Phi) is 8.94. The number of carbonyl (C=O) groups is 1. The Morgan fingerprint density at radius 3 is 2.59 bits per heavy atom. The van der Waals surface area contributed by atoms with Gasteiger partial charge >= 0.3 is 6.18 Å². The SMILES string of the molecule is COCCN(CCC(=O)NCc1cccc(C(F)(F)F)c1)c1nc(Cc2ccc(F)cc2)ns1. The third kappa shape index (κ3) is 7.77. The Morgan fingerprint density at radius 1 is 1.12 bits per heavy atom. The van der Waals surface area contributed by atoms with Gasteiger partial charge < -0.3 is 15.0 Å². The molecule has 6 nitrogen and oxygen atoms in total. The number of benzene rings is 2. The molecule has 0 fully saturated rings. The first-order valence-electron chi connectivity index (χ1n) is 10.5. The molecule has 1 aromatic heterocycles. The molecule has 0 bridgehead atoms. The van der Waals surface area contributed by atoms with Crippen molar-refractivity contribution in [1.82, 2.24) is 14.7 Å². The van der Waals surface area contributed by atoms with Crippen LogP contribution in [0.2, 0.25) is 0 Å². The summed E-state index contributed by atoms with van der Waals surface area (Å²) in [6, 6.07) is 11.0. The summed E-state index contributed by atoms with van der Waals surface area (Å²) >= 11 is 1.19. The Bertz CT molecular complexity index is 1070. The molecular weight excluding hydrogens is 472 g/mol. The number of methoxy groups -OCH3 is 1. The first-order chi connectivity index (χ1) is 16.2. The summed E-state index contributed by atoms with van der Waals surface area (Å²) in [7, 11) is 1.57. The van der Waals surface area contributed by atoms with E-state index in [1.54, 1.807) is 19.2 Å². The lowest BCUT2D eigenvalue weighted by molar-refractivity contribution is -0.137. The Labute approximate surface area is 198 Å². The molecule has 1 N–H and O–H groups in total. The molecule has 0 atom stereocenters. The van der Waals surface area contributed by atoms with Crippen LogP contribution in [0, 0.1) is 5.82 Å². The van der Waals surface area contributed by atoms with Gasteiger partial charge in [-0.3, -0.25) is 4.79 Å². The number of ether oxygens (including phenoxy) is 1. The molecule has 0 aliphatic heterocycles. The van der Waals surface area contributed by atoms with Crippen LogP contribution in [-0.4, -0.2) is 42.1 Å². The number of hydrogen-bond acceptors (Lipinski definition) is 6. The molecule has 1 heterocycles. The summed E-state index contributed by atoms with van der Waals surface area (Å²) in [5.41, 5.74) is 0.495. The van der Waals surface area contributed by atoms with Crippen LogP contribution in [-0.2, 0) is 28.7 Å². The number of nitrogens with one attached hydrogen (secondary N) is 1. The number of amides is 1. The predicted octanol–water partition coefficient (Wildman–Crippen LogP) is 4.45. The number of nitrogens with zero attached hydrogens (tertiary/aromatic N) is 3. The molecule has 2 aromatic carbocycles. The fourth-order valence-corrected chi connectivity index (χ4v) is 3.85. The number of hydrogen-bond donors (Lipinski definition) is 1. The van der Waals surface area contributed by atoms with Gasteiger partial charge in [0, 0.05) is 51.1 Å². The minimum absolute atomic E-state index is 0.00144. The molecule has 3 aromatic rings. The topological polar surface area (TPSA) is 67.3 Å². The Hall–Kier alpha value is -3.05. The Morgan fingerprint density at radius 2 is 1.88 bits per heavy atom. The molecule has 0 aliphatic rings. The summed E-state index contributed by atoms with van der Waals surface area (Å²) in [4.78, 5) is 18.7. The molecule has 182 valence electrons. The van der Waals surface area contributed by atoms with Gasteiger partial charge in [0.25, 0.3) is 0 Å². The van der Waals surface area contributed by atoms with Gasteiger partial charge in [-0.25, -0.2) is 9.37 Å². The molecule has 0 unspecified atom stereocenters. The number of carbonyl (C=O) groups excluding carboxylic acids is 1. The fraction of sp³-hybridized carbons (Fsp3) is 0.348. The first-order valence-corrected chi connectivity index (χ1v) is 11.3. The van der Waals surface area contributed by atoms with Crippen LogP contribution in [0.5, 0.6) is 0 Å². The van der Waals surface area contributed by atoms with Gasteiger partial charge in [-0.05, 0) is 35.4 Å². The van der Waals surface area contributed by atoms with E-state index >= 15 is 0 Å². The van der Waals surface area contributed by atoms with Gasteiger partial charge in [0.1, 0.15) is 11.6 Å². The lowest BCUT2D eigenvalue weighted by atomic mass is 10.1. The zero-order valence-electron chi connectivity index (χ0n) is 18.4. The van der Waals surface area contributed by atoms with Crippen molar-refractivity contribution in [2.45, 2.75) is 25.6 Å². The maximum atomic E-state index is 13.1. The number of alkyl halides is 3. The first kappa shape index (κ1) is 25.6. The van der Waals surface area contributed by atoms with E-state index in [9.17, 15) is 22.4 Å². The normalized spacial score (nSPS) is 11.4. The molecule has 1 amide bonds. The summed E-state index contributed by atoms with van der Waals surface area (Å²) in [6.45, 7) is 1.24. The monoisotopic (exact) mass is 496 g/mol. The minimum Gasteiger partial charge on any atom is -0.383 e. The highest BCUT2D eigenvalue weighted by molar-refractivity contribution is 7.09. The third-order valence-electron chi connectivity index (χ3n) is 4.92. The second-order valence-electron chi connectivity index (χ2n) is 7.50. The maximum Gasteiger partial charge on any atom is 0.416 e. The van der Waals surface area contributed by atoms with Crippen LogP contribution in [0.15, 0.2) is 48.5 Å². The molecule has 0 saturated carbocycles. The van der Waals surface area contributed by atoms with Crippen LogP contribution < -0.4 is 10.2 Å². The molecule has 0 aliphatic carbocycles. The van der Waals surface area contributed by atoms with Gasteiger partial charge in [0.2, 0.25) is 11.0 Å². The number of halogens is 4. The van der Waals surface area contributed by atoms with Crippen molar-refractivity contribution in [2.75, 3.05) is 31.7 Å². The quantitative estimate of drug-likeness (QED) is 0.398. The van der Waals surface area contributed by atoms with Gasteiger partial charge in [0.15, 0.2) is 0 Å². The average molecular weight is 497 g/mol. The third-order valence-corrected chi connectivity index (χ3v) is 5.74. The molecule has 3 rings (SSSR count).